The molecule has 0 aromatic carbocycles. The number of aromatic nitrogens is 1. The molecule has 0 radical (unpaired) electrons. The SMILES string of the molecule is CC(=O)SCC(O)C(O)c1ncccc1N. The lowest BCUT2D eigenvalue weighted by Gasteiger charge is -2.17. The number of anilines is 1. The quantitative estimate of drug-likeness (QED) is 0.704. The molecule has 0 saturated heterocycles. The standard InChI is InChI=1S/C10H14N2O3S/c1-6(13)16-5-8(14)10(15)9-7(11)3-2-4-12-9/h2-4,8,10,14-15H,5,11H2,1H3. The van der Waals surface area contributed by atoms with Gasteiger partial charge in [0.2, 0.25) is 0 Å². The molecule has 1 heterocycles. The van der Waals surface area contributed by atoms with E-state index in [-0.39, 0.29) is 16.6 Å². The van der Waals surface area contributed by atoms with Crippen LogP contribution in [0.2, 0.25) is 0 Å². The molecule has 0 bridgehead atoms. The summed E-state index contributed by atoms with van der Waals surface area (Å²) in [5, 5.41) is 19.3. The Balaban J connectivity index is 2.66. The van der Waals surface area contributed by atoms with Crippen LogP contribution in [-0.4, -0.2) is 32.2 Å². The van der Waals surface area contributed by atoms with Crippen molar-refractivity contribution in [3.63, 3.8) is 0 Å². The molecular weight excluding hydrogens is 228 g/mol. The lowest BCUT2D eigenvalue weighted by Crippen LogP contribution is -2.23. The van der Waals surface area contributed by atoms with Gasteiger partial charge in [0.1, 0.15) is 6.10 Å². The molecule has 0 saturated carbocycles. The number of nitrogens with two attached hydrogens (primary N) is 1. The van der Waals surface area contributed by atoms with E-state index >= 15 is 0 Å². The molecule has 6 heteroatoms. The lowest BCUT2D eigenvalue weighted by molar-refractivity contribution is -0.109. The first-order valence-corrected chi connectivity index (χ1v) is 5.70. The van der Waals surface area contributed by atoms with Gasteiger partial charge < -0.3 is 15.9 Å². The van der Waals surface area contributed by atoms with Crippen molar-refractivity contribution < 1.29 is 15.0 Å². The number of hydrogen-bond acceptors (Lipinski definition) is 6. The van der Waals surface area contributed by atoms with E-state index in [0.717, 1.165) is 11.8 Å². The fourth-order valence-corrected chi connectivity index (χ4v) is 1.74. The summed E-state index contributed by atoms with van der Waals surface area (Å²) in [6.45, 7) is 1.40. The smallest absolute Gasteiger partial charge is 0.185 e. The molecule has 0 amide bonds. The van der Waals surface area contributed by atoms with Gasteiger partial charge in [0.25, 0.3) is 0 Å². The monoisotopic (exact) mass is 242 g/mol. The van der Waals surface area contributed by atoms with E-state index in [1.165, 1.54) is 13.1 Å². The van der Waals surface area contributed by atoms with Crippen molar-refractivity contribution in [1.29, 1.82) is 0 Å². The zero-order valence-corrected chi connectivity index (χ0v) is 9.65. The normalized spacial score (nSPS) is 14.4. The molecule has 1 rings (SSSR count). The van der Waals surface area contributed by atoms with Crippen LogP contribution in [0.25, 0.3) is 0 Å². The van der Waals surface area contributed by atoms with Crippen LogP contribution in [0.15, 0.2) is 18.3 Å². The molecule has 1 aromatic heterocycles. The predicted octanol–water partition coefficient (Wildman–Crippen LogP) is 0.338. The second kappa shape index (κ2) is 5.83. The lowest BCUT2D eigenvalue weighted by atomic mass is 10.1. The van der Waals surface area contributed by atoms with Crippen LogP contribution in [0.1, 0.15) is 18.7 Å². The number of carbonyl (C=O) groups excluding carboxylic acids is 1. The highest BCUT2D eigenvalue weighted by Gasteiger charge is 2.22. The van der Waals surface area contributed by atoms with Gasteiger partial charge in [-0.05, 0) is 12.1 Å². The fraction of sp³-hybridized carbons (Fsp3) is 0.400. The number of aliphatic hydroxyl groups is 2. The maximum absolute atomic E-state index is 10.7. The number of carbonyl (C=O) groups is 1. The van der Waals surface area contributed by atoms with Crippen LogP contribution in [0, 0.1) is 0 Å². The predicted molar refractivity (Wildman–Crippen MR) is 62.8 cm³/mol. The summed E-state index contributed by atoms with van der Waals surface area (Å²) >= 11 is 0.951. The summed E-state index contributed by atoms with van der Waals surface area (Å²) in [5.41, 5.74) is 6.16. The van der Waals surface area contributed by atoms with Crippen molar-refractivity contribution in [3.8, 4) is 0 Å². The van der Waals surface area contributed by atoms with Crippen LogP contribution >= 0.6 is 11.8 Å². The van der Waals surface area contributed by atoms with Crippen molar-refractivity contribution in [3.05, 3.63) is 24.0 Å². The van der Waals surface area contributed by atoms with Crippen LogP contribution in [0.5, 0.6) is 0 Å². The van der Waals surface area contributed by atoms with E-state index in [4.69, 9.17) is 5.73 Å². The summed E-state index contributed by atoms with van der Waals surface area (Å²) < 4.78 is 0. The Morgan fingerprint density at radius 3 is 2.88 bits per heavy atom. The van der Waals surface area contributed by atoms with Crippen LogP contribution in [0.4, 0.5) is 5.69 Å². The number of hydrogen-bond donors (Lipinski definition) is 3. The summed E-state index contributed by atoms with van der Waals surface area (Å²) in [4.78, 5) is 14.6. The molecule has 4 N–H and O–H groups in total. The van der Waals surface area contributed by atoms with E-state index in [9.17, 15) is 15.0 Å². The van der Waals surface area contributed by atoms with E-state index in [1.807, 2.05) is 0 Å². The molecule has 0 spiro atoms. The second-order valence-electron chi connectivity index (χ2n) is 3.29. The maximum atomic E-state index is 10.7. The molecule has 0 aliphatic rings. The van der Waals surface area contributed by atoms with Crippen LogP contribution in [-0.2, 0) is 4.79 Å². The zero-order valence-electron chi connectivity index (χ0n) is 8.83. The molecule has 88 valence electrons. The molecule has 0 aliphatic carbocycles. The first-order valence-electron chi connectivity index (χ1n) is 4.72. The molecule has 16 heavy (non-hydrogen) atoms. The number of rotatable bonds is 4. The first-order chi connectivity index (χ1) is 7.52. The van der Waals surface area contributed by atoms with E-state index in [0.29, 0.717) is 5.69 Å². The third kappa shape index (κ3) is 3.48. The third-order valence-corrected chi connectivity index (χ3v) is 2.89. The Bertz CT molecular complexity index is 373. The number of nitrogens with zero attached hydrogens (tertiary/aromatic N) is 1. The van der Waals surface area contributed by atoms with Crippen molar-refractivity contribution in [2.45, 2.75) is 19.1 Å². The third-order valence-electron chi connectivity index (χ3n) is 1.97. The molecule has 0 fully saturated rings. The Kier molecular flexibility index (Phi) is 4.72. The van der Waals surface area contributed by atoms with Crippen LogP contribution < -0.4 is 5.73 Å². The topological polar surface area (TPSA) is 96.4 Å². The largest absolute Gasteiger partial charge is 0.397 e. The van der Waals surface area contributed by atoms with Gasteiger partial charge >= 0.3 is 0 Å². The van der Waals surface area contributed by atoms with Gasteiger partial charge in [-0.25, -0.2) is 0 Å². The van der Waals surface area contributed by atoms with Gasteiger partial charge in [0.15, 0.2) is 5.12 Å². The van der Waals surface area contributed by atoms with E-state index < -0.39 is 12.2 Å². The van der Waals surface area contributed by atoms with Gasteiger partial charge in [-0.1, -0.05) is 11.8 Å². The van der Waals surface area contributed by atoms with Gasteiger partial charge in [-0.3, -0.25) is 9.78 Å². The molecule has 2 atom stereocenters. The molecule has 2 unspecified atom stereocenters. The maximum Gasteiger partial charge on any atom is 0.185 e. The summed E-state index contributed by atoms with van der Waals surface area (Å²) in [6, 6.07) is 3.23. The molecule has 0 aliphatic heterocycles. The van der Waals surface area contributed by atoms with Crippen LogP contribution in [0.3, 0.4) is 0 Å². The van der Waals surface area contributed by atoms with Crippen molar-refractivity contribution in [1.82, 2.24) is 4.98 Å². The fourth-order valence-electron chi connectivity index (χ4n) is 1.15. The minimum Gasteiger partial charge on any atom is -0.397 e. The minimum absolute atomic E-state index is 0.111. The number of nitrogen functional groups attached to an aromatic ring is 1. The van der Waals surface area contributed by atoms with Crippen molar-refractivity contribution >= 4 is 22.6 Å². The van der Waals surface area contributed by atoms with Gasteiger partial charge in [-0.15, -0.1) is 0 Å². The summed E-state index contributed by atoms with van der Waals surface area (Å²) in [7, 11) is 0. The highest BCUT2D eigenvalue weighted by atomic mass is 32.2. The van der Waals surface area contributed by atoms with E-state index in [1.54, 1.807) is 12.1 Å². The second-order valence-corrected chi connectivity index (χ2v) is 4.49. The first kappa shape index (κ1) is 13.0. The van der Waals surface area contributed by atoms with Crippen molar-refractivity contribution in [2.24, 2.45) is 0 Å². The average Bonchev–Trinajstić information content (AvgIpc) is 2.25. The Morgan fingerprint density at radius 2 is 2.31 bits per heavy atom. The van der Waals surface area contributed by atoms with Gasteiger partial charge in [0.05, 0.1) is 17.5 Å². The Labute approximate surface area is 97.7 Å². The van der Waals surface area contributed by atoms with Gasteiger partial charge in [0, 0.05) is 18.9 Å². The zero-order chi connectivity index (χ0) is 12.1. The molecular formula is C10H14N2O3S. The minimum atomic E-state index is -1.17. The highest BCUT2D eigenvalue weighted by Crippen LogP contribution is 2.22. The Hall–Kier alpha value is -1.11. The number of pyridine rings is 1. The van der Waals surface area contributed by atoms with Crippen molar-refractivity contribution in [2.75, 3.05) is 11.5 Å². The van der Waals surface area contributed by atoms with Gasteiger partial charge in [-0.2, -0.15) is 0 Å². The number of thioether (sulfide) groups is 1. The summed E-state index contributed by atoms with van der Waals surface area (Å²) in [5.74, 6) is 0.118. The van der Waals surface area contributed by atoms with E-state index in [2.05, 4.69) is 4.98 Å². The average molecular weight is 242 g/mol. The molecule has 1 aromatic rings. The summed E-state index contributed by atoms with van der Waals surface area (Å²) in [6.07, 6.45) is -0.751. The highest BCUT2D eigenvalue weighted by molar-refractivity contribution is 8.13. The Morgan fingerprint density at radius 1 is 1.62 bits per heavy atom. The number of aliphatic hydroxyl groups excluding tert-OH is 2. The molecule has 5 nitrogen and oxygen atoms in total.